The molecule has 25 heavy (non-hydrogen) atoms. The molecule has 2 aromatic rings. The van der Waals surface area contributed by atoms with Gasteiger partial charge in [0.05, 0.1) is 4.90 Å². The Morgan fingerprint density at radius 1 is 1.08 bits per heavy atom. The molecule has 0 aliphatic carbocycles. The van der Waals surface area contributed by atoms with Gasteiger partial charge < -0.3 is 5.32 Å². The van der Waals surface area contributed by atoms with Crippen LogP contribution in [0.1, 0.15) is 38.3 Å². The third-order valence-electron chi connectivity index (χ3n) is 3.91. The van der Waals surface area contributed by atoms with Crippen molar-refractivity contribution in [3.8, 4) is 0 Å². The Labute approximate surface area is 149 Å². The number of hydrogen-bond donors (Lipinski definition) is 2. The van der Waals surface area contributed by atoms with Gasteiger partial charge >= 0.3 is 0 Å². The second-order valence-corrected chi connectivity index (χ2v) is 8.63. The Kier molecular flexibility index (Phi) is 5.65. The van der Waals surface area contributed by atoms with Crippen molar-refractivity contribution in [1.82, 2.24) is 0 Å². The number of amides is 1. The topological polar surface area (TPSA) is 89.3 Å². The van der Waals surface area contributed by atoms with Crippen LogP contribution in [0.4, 0.5) is 5.69 Å². The molecule has 0 fully saturated rings. The van der Waals surface area contributed by atoms with E-state index in [4.69, 9.17) is 5.14 Å². The number of nitrogens with one attached hydrogen (secondary N) is 1. The number of nitrogens with two attached hydrogens (primary N) is 1. The largest absolute Gasteiger partial charge is 0.326 e. The average Bonchev–Trinajstić information content (AvgIpc) is 2.52. The summed E-state index contributed by atoms with van der Waals surface area (Å²) in [7, 11) is -3.78. The van der Waals surface area contributed by atoms with E-state index in [-0.39, 0.29) is 16.2 Å². The molecule has 0 unspecified atom stereocenters. The van der Waals surface area contributed by atoms with E-state index in [9.17, 15) is 13.2 Å². The molecule has 0 bridgehead atoms. The Morgan fingerprint density at radius 3 is 2.28 bits per heavy atom. The van der Waals surface area contributed by atoms with Gasteiger partial charge in [0, 0.05) is 12.1 Å². The molecule has 0 radical (unpaired) electrons. The minimum absolute atomic E-state index is 0.0249. The maximum absolute atomic E-state index is 12.1. The number of anilines is 1. The van der Waals surface area contributed by atoms with Crippen LogP contribution in [0, 0.1) is 0 Å². The lowest BCUT2D eigenvalue weighted by Crippen LogP contribution is -2.15. The van der Waals surface area contributed by atoms with Gasteiger partial charge in [0.2, 0.25) is 15.9 Å². The van der Waals surface area contributed by atoms with E-state index in [0.717, 1.165) is 5.56 Å². The smallest absolute Gasteiger partial charge is 0.238 e. The maximum atomic E-state index is 12.1. The standard InChI is InChI=1S/C19H24N2O3S/c1-19(2,3)15-10-7-14(8-11-15)9-12-18(22)21-16-5-4-6-17(13-16)25(20,23)24/h4-8,10-11,13H,9,12H2,1-3H3,(H,21,22)(H2,20,23,24). The Morgan fingerprint density at radius 2 is 1.72 bits per heavy atom. The van der Waals surface area contributed by atoms with Crippen molar-refractivity contribution in [2.24, 2.45) is 5.14 Å². The fourth-order valence-corrected chi connectivity index (χ4v) is 2.96. The normalized spacial score (nSPS) is 12.0. The average molecular weight is 360 g/mol. The molecule has 0 saturated heterocycles. The number of sulfonamides is 1. The highest BCUT2D eigenvalue weighted by molar-refractivity contribution is 7.89. The number of carbonyl (C=O) groups is 1. The van der Waals surface area contributed by atoms with Crippen LogP contribution in [-0.4, -0.2) is 14.3 Å². The first kappa shape index (κ1) is 19.1. The van der Waals surface area contributed by atoms with Gasteiger partial charge in [0.15, 0.2) is 0 Å². The minimum Gasteiger partial charge on any atom is -0.326 e. The summed E-state index contributed by atoms with van der Waals surface area (Å²) in [5.41, 5.74) is 2.85. The molecular weight excluding hydrogens is 336 g/mol. The van der Waals surface area contributed by atoms with Gasteiger partial charge in [-0.25, -0.2) is 13.6 Å². The number of hydrogen-bond acceptors (Lipinski definition) is 3. The van der Waals surface area contributed by atoms with E-state index in [0.29, 0.717) is 18.5 Å². The molecule has 2 aromatic carbocycles. The van der Waals surface area contributed by atoms with E-state index in [1.807, 2.05) is 12.1 Å². The zero-order valence-corrected chi connectivity index (χ0v) is 15.6. The van der Waals surface area contributed by atoms with Crippen LogP contribution in [0.5, 0.6) is 0 Å². The first-order chi connectivity index (χ1) is 11.6. The molecule has 2 rings (SSSR count). The zero-order chi connectivity index (χ0) is 18.7. The summed E-state index contributed by atoms with van der Waals surface area (Å²) in [5, 5.41) is 7.79. The summed E-state index contributed by atoms with van der Waals surface area (Å²) in [4.78, 5) is 12.1. The summed E-state index contributed by atoms with van der Waals surface area (Å²) in [6.07, 6.45) is 0.930. The van der Waals surface area contributed by atoms with E-state index < -0.39 is 10.0 Å². The minimum atomic E-state index is -3.78. The van der Waals surface area contributed by atoms with Crippen LogP contribution in [0.25, 0.3) is 0 Å². The van der Waals surface area contributed by atoms with E-state index >= 15 is 0 Å². The lowest BCUT2D eigenvalue weighted by molar-refractivity contribution is -0.116. The van der Waals surface area contributed by atoms with Crippen molar-refractivity contribution in [2.45, 2.75) is 43.9 Å². The molecule has 0 heterocycles. The molecule has 5 nitrogen and oxygen atoms in total. The van der Waals surface area contributed by atoms with Crippen LogP contribution < -0.4 is 10.5 Å². The number of carbonyl (C=O) groups excluding carboxylic acids is 1. The Balaban J connectivity index is 1.95. The first-order valence-corrected chi connectivity index (χ1v) is 9.62. The van der Waals surface area contributed by atoms with E-state index in [1.165, 1.54) is 17.7 Å². The van der Waals surface area contributed by atoms with Crippen molar-refractivity contribution in [1.29, 1.82) is 0 Å². The number of benzene rings is 2. The zero-order valence-electron chi connectivity index (χ0n) is 14.7. The van der Waals surface area contributed by atoms with Crippen molar-refractivity contribution >= 4 is 21.6 Å². The van der Waals surface area contributed by atoms with Crippen molar-refractivity contribution in [2.75, 3.05) is 5.32 Å². The number of primary sulfonamides is 1. The summed E-state index contributed by atoms with van der Waals surface area (Å²) < 4.78 is 22.7. The van der Waals surface area contributed by atoms with E-state index in [1.54, 1.807) is 12.1 Å². The van der Waals surface area contributed by atoms with Crippen LogP contribution in [0.3, 0.4) is 0 Å². The van der Waals surface area contributed by atoms with Gasteiger partial charge in [-0.15, -0.1) is 0 Å². The molecule has 0 atom stereocenters. The molecule has 0 saturated carbocycles. The van der Waals surface area contributed by atoms with Gasteiger partial charge in [0.25, 0.3) is 0 Å². The highest BCUT2D eigenvalue weighted by atomic mass is 32.2. The van der Waals surface area contributed by atoms with Crippen LogP contribution in [0.15, 0.2) is 53.4 Å². The second-order valence-electron chi connectivity index (χ2n) is 7.07. The number of rotatable bonds is 5. The fourth-order valence-electron chi connectivity index (χ4n) is 2.40. The molecule has 1 amide bonds. The second kappa shape index (κ2) is 7.37. The lowest BCUT2D eigenvalue weighted by Gasteiger charge is -2.19. The fraction of sp³-hybridized carbons (Fsp3) is 0.316. The van der Waals surface area contributed by atoms with Crippen LogP contribution >= 0.6 is 0 Å². The number of aryl methyl sites for hydroxylation is 1. The van der Waals surface area contributed by atoms with Gasteiger partial charge in [-0.2, -0.15) is 0 Å². The van der Waals surface area contributed by atoms with Gasteiger partial charge in [-0.1, -0.05) is 51.1 Å². The maximum Gasteiger partial charge on any atom is 0.238 e. The van der Waals surface area contributed by atoms with Gasteiger partial charge in [-0.05, 0) is 41.2 Å². The molecule has 6 heteroatoms. The van der Waals surface area contributed by atoms with Crippen LogP contribution in [0.2, 0.25) is 0 Å². The lowest BCUT2D eigenvalue weighted by atomic mass is 9.86. The molecule has 3 N–H and O–H groups in total. The molecule has 0 aliphatic heterocycles. The first-order valence-electron chi connectivity index (χ1n) is 8.08. The highest BCUT2D eigenvalue weighted by Crippen LogP contribution is 2.22. The van der Waals surface area contributed by atoms with Gasteiger partial charge in [0.1, 0.15) is 0 Å². The summed E-state index contributed by atoms with van der Waals surface area (Å²) in [6, 6.07) is 14.2. The highest BCUT2D eigenvalue weighted by Gasteiger charge is 2.13. The summed E-state index contributed by atoms with van der Waals surface area (Å²) in [5.74, 6) is -0.175. The summed E-state index contributed by atoms with van der Waals surface area (Å²) >= 11 is 0. The molecule has 0 spiro atoms. The molecule has 0 aliphatic rings. The van der Waals surface area contributed by atoms with Crippen molar-refractivity contribution < 1.29 is 13.2 Å². The predicted octanol–water partition coefficient (Wildman–Crippen LogP) is 3.20. The summed E-state index contributed by atoms with van der Waals surface area (Å²) in [6.45, 7) is 6.47. The molecule has 0 aromatic heterocycles. The van der Waals surface area contributed by atoms with Crippen LogP contribution in [-0.2, 0) is 26.7 Å². The van der Waals surface area contributed by atoms with E-state index in [2.05, 4.69) is 38.2 Å². The quantitative estimate of drug-likeness (QED) is 0.858. The molecule has 134 valence electrons. The van der Waals surface area contributed by atoms with Gasteiger partial charge in [-0.3, -0.25) is 4.79 Å². The Hall–Kier alpha value is -2.18. The third kappa shape index (κ3) is 5.69. The predicted molar refractivity (Wildman–Crippen MR) is 99.9 cm³/mol. The Bertz CT molecular complexity index is 851. The molecular formula is C19H24N2O3S. The third-order valence-corrected chi connectivity index (χ3v) is 4.82. The monoisotopic (exact) mass is 360 g/mol. The SMILES string of the molecule is CC(C)(C)c1ccc(CCC(=O)Nc2cccc(S(N)(=O)=O)c2)cc1. The van der Waals surface area contributed by atoms with Crippen molar-refractivity contribution in [3.05, 3.63) is 59.7 Å². The van der Waals surface area contributed by atoms with Crippen molar-refractivity contribution in [3.63, 3.8) is 0 Å².